The second-order valence-corrected chi connectivity index (χ2v) is 4.62. The predicted octanol–water partition coefficient (Wildman–Crippen LogP) is 3.13. The lowest BCUT2D eigenvalue weighted by Gasteiger charge is -2.27. The molecule has 0 radical (unpaired) electrons. The Balaban J connectivity index is 1.97. The smallest absolute Gasteiger partial charge is 0.0531 e. The van der Waals surface area contributed by atoms with Gasteiger partial charge in [0.25, 0.3) is 0 Å². The Hall–Kier alpha value is -0.0100. The van der Waals surface area contributed by atoms with Gasteiger partial charge in [-0.25, -0.2) is 0 Å². The summed E-state index contributed by atoms with van der Waals surface area (Å²) in [6.07, 6.45) is 8.45. The van der Waals surface area contributed by atoms with E-state index in [1.54, 1.807) is 5.57 Å². The lowest BCUT2D eigenvalue weighted by molar-refractivity contribution is 0.0657. The van der Waals surface area contributed by atoms with Crippen molar-refractivity contribution in [1.29, 1.82) is 0 Å². The summed E-state index contributed by atoms with van der Waals surface area (Å²) in [5.74, 6) is 0.676. The van der Waals surface area contributed by atoms with Crippen molar-refractivity contribution in [2.24, 2.45) is 5.92 Å². The Morgan fingerprint density at radius 2 is 2.23 bits per heavy atom. The molecule has 0 aromatic heterocycles. The molecule has 1 fully saturated rings. The maximum absolute atomic E-state index is 6.11. The van der Waals surface area contributed by atoms with Crippen molar-refractivity contribution in [2.45, 2.75) is 37.5 Å². The van der Waals surface area contributed by atoms with E-state index >= 15 is 0 Å². The van der Waals surface area contributed by atoms with Gasteiger partial charge in [0.15, 0.2) is 0 Å². The monoisotopic (exact) mass is 200 g/mol. The number of allylic oxidation sites excluding steroid dienone is 1. The molecule has 0 saturated carbocycles. The fourth-order valence-electron chi connectivity index (χ4n) is 2.27. The Morgan fingerprint density at radius 1 is 1.31 bits per heavy atom. The highest BCUT2D eigenvalue weighted by Gasteiger charge is 2.21. The average molecular weight is 201 g/mol. The largest absolute Gasteiger partial charge is 0.381 e. The number of hydrogen-bond donors (Lipinski definition) is 0. The molecule has 0 spiro atoms. The fraction of sp³-hybridized carbons (Fsp3) is 0.818. The Bertz CT molecular complexity index is 194. The second-order valence-electron chi connectivity index (χ2n) is 4.06. The van der Waals surface area contributed by atoms with Crippen LogP contribution in [0.2, 0.25) is 0 Å². The van der Waals surface area contributed by atoms with Crippen LogP contribution in [0, 0.1) is 5.92 Å². The molecule has 2 heteroatoms. The normalized spacial score (nSPS) is 35.6. The predicted molar refractivity (Wildman–Crippen MR) is 55.1 cm³/mol. The van der Waals surface area contributed by atoms with E-state index in [1.807, 2.05) is 0 Å². The van der Waals surface area contributed by atoms with E-state index in [0.29, 0.717) is 5.92 Å². The van der Waals surface area contributed by atoms with Gasteiger partial charge in [-0.1, -0.05) is 11.6 Å². The molecule has 0 bridgehead atoms. The van der Waals surface area contributed by atoms with Crippen LogP contribution in [-0.4, -0.2) is 18.6 Å². The van der Waals surface area contributed by atoms with E-state index in [2.05, 4.69) is 6.08 Å². The zero-order valence-corrected chi connectivity index (χ0v) is 8.72. The van der Waals surface area contributed by atoms with Crippen LogP contribution in [-0.2, 0) is 4.74 Å². The molecule has 2 atom stereocenters. The molecule has 74 valence electrons. The van der Waals surface area contributed by atoms with Crippen molar-refractivity contribution >= 4 is 11.6 Å². The Kier molecular flexibility index (Phi) is 3.28. The first kappa shape index (κ1) is 9.54. The van der Waals surface area contributed by atoms with Crippen LogP contribution < -0.4 is 0 Å². The number of ether oxygens (including phenoxy) is 1. The molecular formula is C11H17ClO. The van der Waals surface area contributed by atoms with Crippen LogP contribution >= 0.6 is 11.6 Å². The van der Waals surface area contributed by atoms with Crippen molar-refractivity contribution in [1.82, 2.24) is 0 Å². The molecule has 13 heavy (non-hydrogen) atoms. The van der Waals surface area contributed by atoms with Crippen molar-refractivity contribution in [3.63, 3.8) is 0 Å². The van der Waals surface area contributed by atoms with Crippen LogP contribution in [0.3, 0.4) is 0 Å². The minimum Gasteiger partial charge on any atom is -0.381 e. The molecule has 0 aromatic carbocycles. The molecule has 0 N–H and O–H groups in total. The van der Waals surface area contributed by atoms with E-state index in [9.17, 15) is 0 Å². The van der Waals surface area contributed by atoms with Gasteiger partial charge in [-0.15, -0.1) is 11.6 Å². The zero-order valence-electron chi connectivity index (χ0n) is 7.97. The second kappa shape index (κ2) is 4.47. The zero-order chi connectivity index (χ0) is 9.10. The summed E-state index contributed by atoms with van der Waals surface area (Å²) in [6, 6.07) is 0. The van der Waals surface area contributed by atoms with Gasteiger partial charge in [0.1, 0.15) is 0 Å². The first-order valence-corrected chi connectivity index (χ1v) is 5.72. The van der Waals surface area contributed by atoms with Gasteiger partial charge < -0.3 is 4.74 Å². The third kappa shape index (κ3) is 2.47. The molecule has 2 unspecified atom stereocenters. The lowest BCUT2D eigenvalue weighted by atomic mass is 9.86. The first-order chi connectivity index (χ1) is 6.36. The molecule has 0 amide bonds. The van der Waals surface area contributed by atoms with Gasteiger partial charge in [0.05, 0.1) is 12.0 Å². The van der Waals surface area contributed by atoms with E-state index in [-0.39, 0.29) is 5.38 Å². The summed E-state index contributed by atoms with van der Waals surface area (Å²) < 4.78 is 5.49. The van der Waals surface area contributed by atoms with Gasteiger partial charge in [0, 0.05) is 12.5 Å². The number of hydrogen-bond acceptors (Lipinski definition) is 1. The molecule has 1 nitrogen and oxygen atoms in total. The first-order valence-electron chi connectivity index (χ1n) is 5.28. The molecule has 1 aliphatic carbocycles. The third-order valence-electron chi connectivity index (χ3n) is 3.02. The van der Waals surface area contributed by atoms with Gasteiger partial charge in [0.2, 0.25) is 0 Å². The van der Waals surface area contributed by atoms with Crippen LogP contribution in [0.25, 0.3) is 0 Å². The summed E-state index contributed by atoms with van der Waals surface area (Å²) in [4.78, 5) is 0. The van der Waals surface area contributed by atoms with Crippen LogP contribution in [0.4, 0.5) is 0 Å². The van der Waals surface area contributed by atoms with Gasteiger partial charge in [-0.3, -0.25) is 0 Å². The van der Waals surface area contributed by atoms with Crippen LogP contribution in [0.1, 0.15) is 32.1 Å². The summed E-state index contributed by atoms with van der Waals surface area (Å²) >= 11 is 6.11. The van der Waals surface area contributed by atoms with Gasteiger partial charge in [-0.05, 0) is 32.1 Å². The van der Waals surface area contributed by atoms with Crippen molar-refractivity contribution in [2.75, 3.05) is 13.2 Å². The SMILES string of the molecule is ClC1C=C(C2CCCOC2)CCC1. The molecular weight excluding hydrogens is 184 g/mol. The summed E-state index contributed by atoms with van der Waals surface area (Å²) in [5, 5.41) is 0.283. The fourth-order valence-corrected chi connectivity index (χ4v) is 2.59. The minimum absolute atomic E-state index is 0.283. The third-order valence-corrected chi connectivity index (χ3v) is 3.37. The molecule has 1 heterocycles. The quantitative estimate of drug-likeness (QED) is 0.467. The standard InChI is InChI=1S/C11H17ClO/c12-11-5-1-3-9(7-11)10-4-2-6-13-8-10/h7,10-11H,1-6,8H2. The molecule has 1 saturated heterocycles. The van der Waals surface area contributed by atoms with E-state index in [1.165, 1.54) is 25.7 Å². The number of halogens is 1. The highest BCUT2D eigenvalue weighted by atomic mass is 35.5. The van der Waals surface area contributed by atoms with Crippen molar-refractivity contribution in [3.05, 3.63) is 11.6 Å². The van der Waals surface area contributed by atoms with Crippen molar-refractivity contribution in [3.8, 4) is 0 Å². The maximum Gasteiger partial charge on any atom is 0.0531 e. The molecule has 2 rings (SSSR count). The van der Waals surface area contributed by atoms with Gasteiger partial charge >= 0.3 is 0 Å². The van der Waals surface area contributed by atoms with Crippen LogP contribution in [0.15, 0.2) is 11.6 Å². The van der Waals surface area contributed by atoms with E-state index in [0.717, 1.165) is 19.6 Å². The molecule has 1 aliphatic heterocycles. The highest BCUT2D eigenvalue weighted by molar-refractivity contribution is 6.21. The minimum atomic E-state index is 0.283. The average Bonchev–Trinajstić information content (AvgIpc) is 2.19. The van der Waals surface area contributed by atoms with Crippen LogP contribution in [0.5, 0.6) is 0 Å². The highest BCUT2D eigenvalue weighted by Crippen LogP contribution is 2.31. The lowest BCUT2D eigenvalue weighted by Crippen LogP contribution is -2.21. The number of alkyl halides is 1. The van der Waals surface area contributed by atoms with E-state index in [4.69, 9.17) is 16.3 Å². The molecule has 0 aromatic rings. The Morgan fingerprint density at radius 3 is 2.92 bits per heavy atom. The summed E-state index contributed by atoms with van der Waals surface area (Å²) in [6.45, 7) is 1.88. The maximum atomic E-state index is 6.11. The summed E-state index contributed by atoms with van der Waals surface area (Å²) in [5.41, 5.74) is 1.56. The van der Waals surface area contributed by atoms with Crippen molar-refractivity contribution < 1.29 is 4.74 Å². The summed E-state index contributed by atoms with van der Waals surface area (Å²) in [7, 11) is 0. The Labute approximate surface area is 85.1 Å². The number of rotatable bonds is 1. The molecule has 2 aliphatic rings. The van der Waals surface area contributed by atoms with E-state index < -0.39 is 0 Å². The topological polar surface area (TPSA) is 9.23 Å². The van der Waals surface area contributed by atoms with Gasteiger partial charge in [-0.2, -0.15) is 0 Å².